The van der Waals surface area contributed by atoms with Crippen LogP contribution >= 0.6 is 31.9 Å². The summed E-state index contributed by atoms with van der Waals surface area (Å²) in [5.41, 5.74) is 23.4. The molecule has 1 unspecified atom stereocenters. The highest BCUT2D eigenvalue weighted by atomic mass is 79.9. The van der Waals surface area contributed by atoms with Crippen molar-refractivity contribution in [2.75, 3.05) is 0 Å². The van der Waals surface area contributed by atoms with Crippen molar-refractivity contribution in [2.24, 2.45) is 0 Å². The zero-order chi connectivity index (χ0) is 59.5. The standard InChI is InChI=1S/C80H98Br2N4/c1-5-8-11-14-17-19-20-21-22-23-24-26-28-31-39-59-56-60(43-45-63(59)62-40-33-32-38-58(62)37-30-27-25-18-15-12-9-6-2)76-68-47-51-72(83-68)78(81)74-53-49-70(85-74)77(71-50-54-75(86-71)79(82)73-52-48-69(76)84-73)61-44-46-65-64-41-34-35-42-66(64)80(4,67(65)57-61)55-36-29-16-13-10-7-3/h32-35,38,40-54,56-57,83,86H,5-31,36-37,39,55H2,1-4H3. The molecule has 1 atom stereocenters. The van der Waals surface area contributed by atoms with Crippen LogP contribution in [0.15, 0.2) is 118 Å². The van der Waals surface area contributed by atoms with E-state index in [-0.39, 0.29) is 5.41 Å². The Morgan fingerprint density at radius 3 is 1.26 bits per heavy atom. The van der Waals surface area contributed by atoms with Gasteiger partial charge in [-0.05, 0) is 174 Å². The second-order valence-corrected chi connectivity index (χ2v) is 27.2. The SMILES string of the molecule is CCCCCCCCCCCCCCCCc1cc(-c2c3nc(c(Br)c4ccc([nH]4)c(-c4ccc5c(c4)C(C)(CCCCCCCC)c4ccccc4-5)c4nc(c(Br)c5ccc2[nH]5)C=C4)C=C3)ccc1-c1ccccc1CCCCCCCCCC. The van der Waals surface area contributed by atoms with Crippen LogP contribution in [0.2, 0.25) is 0 Å². The lowest BCUT2D eigenvalue weighted by Crippen LogP contribution is -2.20. The summed E-state index contributed by atoms with van der Waals surface area (Å²) in [4.78, 5) is 18.8. The van der Waals surface area contributed by atoms with Crippen LogP contribution in [0.25, 0.3) is 90.9 Å². The van der Waals surface area contributed by atoms with Crippen LogP contribution in [0.4, 0.5) is 0 Å². The van der Waals surface area contributed by atoms with E-state index in [4.69, 9.17) is 9.97 Å². The summed E-state index contributed by atoms with van der Waals surface area (Å²) < 4.78 is 1.86. The van der Waals surface area contributed by atoms with Gasteiger partial charge in [-0.3, -0.25) is 0 Å². The summed E-state index contributed by atoms with van der Waals surface area (Å²) in [6.07, 6.45) is 49.5. The fraction of sp³-hybridized carbons (Fsp3) is 0.450. The first-order valence-electron chi connectivity index (χ1n) is 34.2. The molecule has 8 bridgehead atoms. The van der Waals surface area contributed by atoms with Crippen molar-refractivity contribution < 1.29 is 0 Å². The Morgan fingerprint density at radius 2 is 0.733 bits per heavy atom. The molecule has 0 saturated heterocycles. The number of halogens is 2. The number of unbranched alkanes of at least 4 members (excludes halogenated alkanes) is 25. The van der Waals surface area contributed by atoms with Crippen LogP contribution < -0.4 is 0 Å². The van der Waals surface area contributed by atoms with Gasteiger partial charge in [0.05, 0.1) is 42.8 Å². The number of aryl methyl sites for hydroxylation is 2. The summed E-state index contributed by atoms with van der Waals surface area (Å²) in [6, 6.07) is 41.8. The molecule has 0 radical (unpaired) electrons. The smallest absolute Gasteiger partial charge is 0.0801 e. The summed E-state index contributed by atoms with van der Waals surface area (Å²) in [7, 11) is 0. The second kappa shape index (κ2) is 32.1. The van der Waals surface area contributed by atoms with Gasteiger partial charge in [-0.2, -0.15) is 0 Å². The summed E-state index contributed by atoms with van der Waals surface area (Å²) in [6.45, 7) is 9.41. The summed E-state index contributed by atoms with van der Waals surface area (Å²) >= 11 is 8.22. The highest BCUT2D eigenvalue weighted by Crippen LogP contribution is 2.53. The number of H-pyrrole nitrogens is 2. The predicted molar refractivity (Wildman–Crippen MR) is 381 cm³/mol. The van der Waals surface area contributed by atoms with E-state index < -0.39 is 0 Å². The normalized spacial score (nSPS) is 14.2. The van der Waals surface area contributed by atoms with Crippen LogP contribution in [-0.4, -0.2) is 19.9 Å². The first kappa shape index (κ1) is 63.5. The van der Waals surface area contributed by atoms with Crippen LogP contribution in [-0.2, 0) is 18.3 Å². The lowest BCUT2D eigenvalue weighted by atomic mass is 9.75. The van der Waals surface area contributed by atoms with E-state index in [1.165, 1.54) is 230 Å². The Balaban J connectivity index is 0.989. The molecular weight excluding hydrogens is 1180 g/mol. The molecule has 5 heterocycles. The fourth-order valence-electron chi connectivity index (χ4n) is 14.2. The van der Waals surface area contributed by atoms with Crippen LogP contribution in [0.3, 0.4) is 0 Å². The van der Waals surface area contributed by atoms with E-state index in [9.17, 15) is 0 Å². The maximum Gasteiger partial charge on any atom is 0.0801 e. The number of aromatic nitrogens is 4. The molecule has 10 rings (SSSR count). The van der Waals surface area contributed by atoms with Gasteiger partial charge in [-0.25, -0.2) is 9.97 Å². The Bertz CT molecular complexity index is 3590. The van der Waals surface area contributed by atoms with E-state index in [1.807, 2.05) is 0 Å². The third-order valence-electron chi connectivity index (χ3n) is 19.2. The Kier molecular flexibility index (Phi) is 23.7. The van der Waals surface area contributed by atoms with Gasteiger partial charge in [0.2, 0.25) is 0 Å². The molecule has 4 aromatic carbocycles. The zero-order valence-electron chi connectivity index (χ0n) is 52.8. The molecule has 0 amide bonds. The minimum Gasteiger partial charge on any atom is -0.354 e. The molecule has 1 aliphatic carbocycles. The molecular formula is C80H98Br2N4. The molecule has 3 aromatic heterocycles. The van der Waals surface area contributed by atoms with Crippen LogP contribution in [0, 0.1) is 0 Å². The molecule has 4 nitrogen and oxygen atoms in total. The topological polar surface area (TPSA) is 57.4 Å². The number of hydrogen-bond acceptors (Lipinski definition) is 2. The lowest BCUT2D eigenvalue weighted by Gasteiger charge is -2.28. The molecule has 2 N–H and O–H groups in total. The summed E-state index contributed by atoms with van der Waals surface area (Å²) in [5.74, 6) is 0. The van der Waals surface area contributed by atoms with Gasteiger partial charge < -0.3 is 9.97 Å². The minimum absolute atomic E-state index is 0.0831. The number of rotatable bonds is 34. The summed E-state index contributed by atoms with van der Waals surface area (Å²) in [5, 5.41) is 0. The van der Waals surface area contributed by atoms with Gasteiger partial charge in [-0.15, -0.1) is 0 Å². The number of nitrogens with zero attached hydrogens (tertiary/aromatic N) is 2. The zero-order valence-corrected chi connectivity index (χ0v) is 55.9. The molecule has 0 saturated carbocycles. The maximum absolute atomic E-state index is 5.51. The van der Waals surface area contributed by atoms with E-state index in [0.717, 1.165) is 89.7 Å². The Morgan fingerprint density at radius 1 is 0.349 bits per heavy atom. The molecule has 7 aromatic rings. The van der Waals surface area contributed by atoms with E-state index in [0.29, 0.717) is 0 Å². The van der Waals surface area contributed by atoms with Crippen LogP contribution in [0.5, 0.6) is 0 Å². The predicted octanol–water partition coefficient (Wildman–Crippen LogP) is 25.9. The molecule has 0 fully saturated rings. The largest absolute Gasteiger partial charge is 0.354 e. The number of fused-ring (bicyclic) bond motifs is 11. The van der Waals surface area contributed by atoms with Gasteiger partial charge in [0, 0.05) is 27.6 Å². The number of aromatic amines is 2. The van der Waals surface area contributed by atoms with Gasteiger partial charge >= 0.3 is 0 Å². The Hall–Kier alpha value is -5.56. The van der Waals surface area contributed by atoms with Crippen molar-refractivity contribution in [3.8, 4) is 44.5 Å². The van der Waals surface area contributed by atoms with E-state index >= 15 is 0 Å². The quantitative estimate of drug-likeness (QED) is 0.0395. The number of nitrogens with one attached hydrogen (secondary N) is 2. The van der Waals surface area contributed by atoms with Crippen molar-refractivity contribution in [1.82, 2.24) is 19.9 Å². The average Bonchev–Trinajstić information content (AvgIpc) is 3.10. The van der Waals surface area contributed by atoms with Gasteiger partial charge in [0.15, 0.2) is 0 Å². The first-order chi connectivity index (χ1) is 42.3. The molecule has 2 aliphatic heterocycles. The van der Waals surface area contributed by atoms with Gasteiger partial charge in [-0.1, -0.05) is 273 Å². The third-order valence-corrected chi connectivity index (χ3v) is 20.8. The molecule has 452 valence electrons. The number of hydrogen-bond donors (Lipinski definition) is 2. The lowest BCUT2D eigenvalue weighted by molar-refractivity contribution is 0.481. The Labute approximate surface area is 534 Å². The van der Waals surface area contributed by atoms with E-state index in [1.54, 1.807) is 0 Å². The number of benzene rings is 4. The van der Waals surface area contributed by atoms with Gasteiger partial charge in [0.1, 0.15) is 0 Å². The molecule has 0 spiro atoms. The minimum atomic E-state index is -0.0831. The monoisotopic (exact) mass is 1270 g/mol. The van der Waals surface area contributed by atoms with Crippen molar-refractivity contribution in [2.45, 2.75) is 232 Å². The highest BCUT2D eigenvalue weighted by molar-refractivity contribution is 9.11. The van der Waals surface area contributed by atoms with Crippen molar-refractivity contribution in [3.05, 3.63) is 163 Å². The maximum atomic E-state index is 5.51. The van der Waals surface area contributed by atoms with Crippen molar-refractivity contribution >= 4 is 78.2 Å². The van der Waals surface area contributed by atoms with Gasteiger partial charge in [0.25, 0.3) is 0 Å². The average molecular weight is 1280 g/mol. The van der Waals surface area contributed by atoms with Crippen molar-refractivity contribution in [1.29, 1.82) is 0 Å². The molecule has 3 aliphatic rings. The first-order valence-corrected chi connectivity index (χ1v) is 35.8. The van der Waals surface area contributed by atoms with Crippen LogP contribution in [0.1, 0.15) is 259 Å². The molecule has 86 heavy (non-hydrogen) atoms. The third kappa shape index (κ3) is 15.6. The highest BCUT2D eigenvalue weighted by Gasteiger charge is 2.39. The molecule has 6 heteroatoms. The van der Waals surface area contributed by atoms with Crippen molar-refractivity contribution in [3.63, 3.8) is 0 Å². The second-order valence-electron chi connectivity index (χ2n) is 25.6. The van der Waals surface area contributed by atoms with E-state index in [2.05, 4.69) is 203 Å². The fourth-order valence-corrected chi connectivity index (χ4v) is 15.1.